The van der Waals surface area contributed by atoms with E-state index in [4.69, 9.17) is 17.7 Å². The second kappa shape index (κ2) is 19.3. The summed E-state index contributed by atoms with van der Waals surface area (Å²) in [5.41, 5.74) is 19.8. The molecule has 88 heavy (non-hydrogen) atoms. The third kappa shape index (κ3) is 8.46. The Kier molecular flexibility index (Phi) is 11.3. The summed E-state index contributed by atoms with van der Waals surface area (Å²) >= 11 is 0. The van der Waals surface area contributed by atoms with E-state index in [1.165, 1.54) is 11.1 Å². The van der Waals surface area contributed by atoms with E-state index in [9.17, 15) is 0 Å². The van der Waals surface area contributed by atoms with Gasteiger partial charge in [-0.2, -0.15) is 0 Å². The average molecular weight is 1140 g/mol. The van der Waals surface area contributed by atoms with Gasteiger partial charge in [-0.15, -0.1) is 0 Å². The molecule has 0 N–H and O–H groups in total. The lowest BCUT2D eigenvalue weighted by Crippen LogP contribution is -2.13. The molecule has 0 atom stereocenters. The number of hydrogen-bond donors (Lipinski definition) is 0. The van der Waals surface area contributed by atoms with E-state index in [0.29, 0.717) is 0 Å². The van der Waals surface area contributed by atoms with Crippen LogP contribution in [0.1, 0.15) is 52.7 Å². The summed E-state index contributed by atoms with van der Waals surface area (Å²) in [6.07, 6.45) is 0. The molecule has 0 aliphatic carbocycles. The van der Waals surface area contributed by atoms with E-state index in [2.05, 4.69) is 282 Å². The molecule has 17 rings (SSSR count). The maximum atomic E-state index is 6.85. The second-order valence-electron chi connectivity index (χ2n) is 25.7. The van der Waals surface area contributed by atoms with Crippen molar-refractivity contribution >= 4 is 143 Å². The SMILES string of the molecule is CC(C)(C)c1ccc(N(c2ccc3cc4c(cc3c2)oc2cc3oc5cc6cc(N(c7ccc(C(C)(C)C)cc7)c7cc8oc9ccccc9c8cc7-c7ccccc7)ccc6cc5c3cc24)c2cc3oc4ccccc4c3cc2-c2ccccc2)cc1. The molecule has 0 spiro atoms. The summed E-state index contributed by atoms with van der Waals surface area (Å²) in [7, 11) is 0. The monoisotopic (exact) mass is 1140 g/mol. The normalized spacial score (nSPS) is 12.4. The highest BCUT2D eigenvalue weighted by atomic mass is 16.3. The third-order valence-electron chi connectivity index (χ3n) is 18.1. The highest BCUT2D eigenvalue weighted by Crippen LogP contribution is 2.49. The summed E-state index contributed by atoms with van der Waals surface area (Å²) in [5, 5.41) is 12.9. The Balaban J connectivity index is 0.783. The summed E-state index contributed by atoms with van der Waals surface area (Å²) in [6, 6.07) is 91.9. The van der Waals surface area contributed by atoms with Gasteiger partial charge in [0.15, 0.2) is 0 Å². The highest BCUT2D eigenvalue weighted by Gasteiger charge is 2.26. The van der Waals surface area contributed by atoms with Gasteiger partial charge in [0.25, 0.3) is 0 Å². The van der Waals surface area contributed by atoms with Gasteiger partial charge < -0.3 is 27.5 Å². The lowest BCUT2D eigenvalue weighted by molar-refractivity contribution is 0.590. The molecule has 4 aromatic heterocycles. The van der Waals surface area contributed by atoms with Crippen LogP contribution in [0.4, 0.5) is 34.1 Å². The maximum Gasteiger partial charge on any atom is 0.139 e. The van der Waals surface area contributed by atoms with E-state index in [1.807, 2.05) is 24.3 Å². The minimum absolute atomic E-state index is 0.00495. The van der Waals surface area contributed by atoms with E-state index in [0.717, 1.165) is 166 Å². The number of para-hydroxylation sites is 2. The summed E-state index contributed by atoms with van der Waals surface area (Å²) in [5.74, 6) is 0. The largest absolute Gasteiger partial charge is 0.456 e. The minimum atomic E-state index is -0.00495. The number of fused-ring (bicyclic) bond motifs is 14. The van der Waals surface area contributed by atoms with Crippen LogP contribution in [-0.4, -0.2) is 0 Å². The van der Waals surface area contributed by atoms with Crippen LogP contribution in [0.15, 0.2) is 272 Å². The second-order valence-corrected chi connectivity index (χ2v) is 25.7. The van der Waals surface area contributed by atoms with Gasteiger partial charge >= 0.3 is 0 Å². The number of nitrogens with zero attached hydrogens (tertiary/aromatic N) is 2. The van der Waals surface area contributed by atoms with Crippen molar-refractivity contribution in [3.8, 4) is 22.3 Å². The zero-order chi connectivity index (χ0) is 59.2. The summed E-state index contributed by atoms with van der Waals surface area (Å²) in [4.78, 5) is 4.75. The summed E-state index contributed by atoms with van der Waals surface area (Å²) in [6.45, 7) is 13.6. The average Bonchev–Trinajstić information content (AvgIpc) is 1.61. The molecule has 6 nitrogen and oxygen atoms in total. The molecule has 0 fully saturated rings. The molecule has 17 aromatic rings. The molecule has 0 unspecified atom stereocenters. The van der Waals surface area contributed by atoms with Crippen molar-refractivity contribution in [1.29, 1.82) is 0 Å². The topological polar surface area (TPSA) is 59.0 Å². The Morgan fingerprint density at radius 1 is 0.239 bits per heavy atom. The number of hydrogen-bond acceptors (Lipinski definition) is 6. The predicted octanol–water partition coefficient (Wildman–Crippen LogP) is 24.5. The number of anilines is 6. The van der Waals surface area contributed by atoms with Crippen molar-refractivity contribution in [3.63, 3.8) is 0 Å². The van der Waals surface area contributed by atoms with Crippen LogP contribution in [0.25, 0.3) is 132 Å². The van der Waals surface area contributed by atoms with Gasteiger partial charge in [0.1, 0.15) is 44.7 Å². The zero-order valence-corrected chi connectivity index (χ0v) is 49.8. The standard InChI is InChI=1S/C82H60N2O4/c1-81(2,3)55-27-33-57(34-28-55)83(71-46-77-67(61-21-13-15-23-73(61)85-77)43-63(71)49-17-9-7-10-18-49)59-31-25-51-39-65-69-45-70-66-40-52-26-32-60(38-54(52)42-76(66)88-80(70)48-79(69)87-75(65)41-53(51)37-59)84(58-35-29-56(30-36-58)82(4,5)6)72-47-78-68(62-22-14-16-24-74(62)86-78)44-64(72)50-19-11-8-12-20-50/h7-48H,1-6H3. The molecule has 0 radical (unpaired) electrons. The quantitative estimate of drug-likeness (QED) is 0.151. The van der Waals surface area contributed by atoms with Gasteiger partial charge in [-0.3, -0.25) is 0 Å². The zero-order valence-electron chi connectivity index (χ0n) is 49.8. The highest BCUT2D eigenvalue weighted by molar-refractivity contribution is 6.19. The van der Waals surface area contributed by atoms with Crippen LogP contribution in [0.2, 0.25) is 0 Å². The first kappa shape index (κ1) is 51.6. The lowest BCUT2D eigenvalue weighted by Gasteiger charge is -2.29. The van der Waals surface area contributed by atoms with E-state index >= 15 is 0 Å². The van der Waals surface area contributed by atoms with Crippen molar-refractivity contribution < 1.29 is 17.7 Å². The molecule has 0 bridgehead atoms. The fourth-order valence-electron chi connectivity index (χ4n) is 13.4. The minimum Gasteiger partial charge on any atom is -0.456 e. The van der Waals surface area contributed by atoms with E-state index < -0.39 is 0 Å². The first-order valence-electron chi connectivity index (χ1n) is 30.3. The molecular formula is C82H60N2O4. The fourth-order valence-corrected chi connectivity index (χ4v) is 13.4. The number of rotatable bonds is 8. The van der Waals surface area contributed by atoms with Gasteiger partial charge in [-0.05, 0) is 158 Å². The van der Waals surface area contributed by atoms with Crippen LogP contribution < -0.4 is 9.80 Å². The molecule has 0 aliphatic heterocycles. The molecular weight excluding hydrogens is 1080 g/mol. The van der Waals surface area contributed by atoms with Gasteiger partial charge in [-0.1, -0.05) is 175 Å². The molecule has 0 saturated heterocycles. The Hall–Kier alpha value is -10.8. The van der Waals surface area contributed by atoms with Gasteiger partial charge in [0, 0.05) is 95.2 Å². The third-order valence-corrected chi connectivity index (χ3v) is 18.1. The van der Waals surface area contributed by atoms with Crippen LogP contribution >= 0.6 is 0 Å². The van der Waals surface area contributed by atoms with Crippen molar-refractivity contribution in [2.24, 2.45) is 0 Å². The van der Waals surface area contributed by atoms with Crippen molar-refractivity contribution in [1.82, 2.24) is 0 Å². The van der Waals surface area contributed by atoms with Crippen LogP contribution in [0, 0.1) is 0 Å². The lowest BCUT2D eigenvalue weighted by atomic mass is 9.87. The van der Waals surface area contributed by atoms with Crippen molar-refractivity contribution in [2.75, 3.05) is 9.80 Å². The molecule has 4 heterocycles. The van der Waals surface area contributed by atoms with Crippen LogP contribution in [0.3, 0.4) is 0 Å². The molecule has 0 amide bonds. The Morgan fingerprint density at radius 2 is 0.580 bits per heavy atom. The van der Waals surface area contributed by atoms with Crippen molar-refractivity contribution in [2.45, 2.75) is 52.4 Å². The van der Waals surface area contributed by atoms with E-state index in [-0.39, 0.29) is 10.8 Å². The van der Waals surface area contributed by atoms with Crippen LogP contribution in [0.5, 0.6) is 0 Å². The smallest absolute Gasteiger partial charge is 0.139 e. The van der Waals surface area contributed by atoms with Gasteiger partial charge in [0.2, 0.25) is 0 Å². The Morgan fingerprint density at radius 3 is 1.00 bits per heavy atom. The predicted molar refractivity (Wildman–Crippen MR) is 368 cm³/mol. The van der Waals surface area contributed by atoms with Gasteiger partial charge in [0.05, 0.1) is 11.4 Å². The molecule has 0 saturated carbocycles. The Labute approximate surface area is 508 Å². The molecule has 0 aliphatic rings. The maximum absolute atomic E-state index is 6.85. The summed E-state index contributed by atoms with van der Waals surface area (Å²) < 4.78 is 26.9. The van der Waals surface area contributed by atoms with Gasteiger partial charge in [-0.25, -0.2) is 0 Å². The van der Waals surface area contributed by atoms with Crippen LogP contribution in [-0.2, 0) is 10.8 Å². The fraction of sp³-hybridized carbons (Fsp3) is 0.0976. The van der Waals surface area contributed by atoms with E-state index in [1.54, 1.807) is 0 Å². The molecule has 13 aromatic carbocycles. The number of furan rings is 4. The first-order valence-corrected chi connectivity index (χ1v) is 30.3. The first-order chi connectivity index (χ1) is 42.8. The Bertz CT molecular complexity index is 5290. The van der Waals surface area contributed by atoms with Crippen molar-refractivity contribution in [3.05, 3.63) is 266 Å². The molecule has 422 valence electrons. The number of benzene rings is 13. The molecule has 6 heteroatoms.